The number of hydrogen-bond acceptors (Lipinski definition) is 7. The highest BCUT2D eigenvalue weighted by Crippen LogP contribution is 2.44. The number of carbonyl (C=O) groups is 2. The van der Waals surface area contributed by atoms with Gasteiger partial charge >= 0.3 is 0 Å². The number of aromatic nitrogens is 1. The van der Waals surface area contributed by atoms with E-state index in [9.17, 15) is 9.59 Å². The Bertz CT molecular complexity index is 2290. The molecule has 296 valence electrons. The second-order valence-electron chi connectivity index (χ2n) is 18.7. The average molecular weight is 803 g/mol. The summed E-state index contributed by atoms with van der Waals surface area (Å²) in [6.45, 7) is 26.4. The second kappa shape index (κ2) is 16.2. The van der Waals surface area contributed by atoms with Crippen molar-refractivity contribution in [1.29, 1.82) is 0 Å². The Balaban J connectivity index is 1.97. The van der Waals surface area contributed by atoms with Gasteiger partial charge in [0, 0.05) is 54.7 Å². The van der Waals surface area contributed by atoms with Crippen LogP contribution in [0.1, 0.15) is 100 Å². The normalized spacial score (nSPS) is 15.9. The van der Waals surface area contributed by atoms with Gasteiger partial charge < -0.3 is 0 Å². The first kappa shape index (κ1) is 43.3. The molecule has 0 saturated heterocycles. The van der Waals surface area contributed by atoms with Crippen LogP contribution >= 0.6 is 23.2 Å². The molecule has 9 heteroatoms. The molecular weight excluding hydrogens is 749 g/mol. The van der Waals surface area contributed by atoms with Gasteiger partial charge in [-0.2, -0.15) is 10.2 Å². The topological polar surface area (TPSA) is 96.5 Å². The van der Waals surface area contributed by atoms with Crippen LogP contribution in [-0.2, 0) is 9.59 Å². The van der Waals surface area contributed by atoms with Crippen LogP contribution in [-0.4, -0.2) is 16.6 Å². The van der Waals surface area contributed by atoms with Crippen molar-refractivity contribution in [3.8, 4) is 0 Å². The number of nitrogens with zero attached hydrogens (tertiary/aromatic N) is 5. The molecule has 0 amide bonds. The number of Topliss-reactive ketones (excluding diaryl/α,β-unsaturated/α-hetero) is 2. The van der Waals surface area contributed by atoms with E-state index >= 15 is 0 Å². The van der Waals surface area contributed by atoms with E-state index in [4.69, 9.17) is 48.6 Å². The molecule has 1 aromatic heterocycles. The molecule has 0 radical (unpaired) electrons. The summed E-state index contributed by atoms with van der Waals surface area (Å²) in [5, 5.41) is 20.5. The van der Waals surface area contributed by atoms with E-state index in [1.54, 1.807) is 48.5 Å². The molecule has 7 nitrogen and oxygen atoms in total. The summed E-state index contributed by atoms with van der Waals surface area (Å²) in [5.74, 6) is -0.00237. The van der Waals surface area contributed by atoms with Gasteiger partial charge in [0.25, 0.3) is 0 Å². The Labute approximate surface area is 348 Å². The molecule has 0 atom stereocenters. The van der Waals surface area contributed by atoms with Crippen LogP contribution in [0.5, 0.6) is 0 Å². The Morgan fingerprint density at radius 1 is 0.491 bits per heavy atom. The fourth-order valence-electron chi connectivity index (χ4n) is 6.43. The molecule has 3 aromatic rings. The molecule has 0 unspecified atom stereocenters. The van der Waals surface area contributed by atoms with E-state index < -0.39 is 21.7 Å². The minimum absolute atomic E-state index is 0.00105. The van der Waals surface area contributed by atoms with Crippen LogP contribution < -0.4 is 0 Å². The zero-order chi connectivity index (χ0) is 42.2. The first-order valence-electron chi connectivity index (χ1n) is 19.1. The highest BCUT2D eigenvalue weighted by Gasteiger charge is 2.37. The van der Waals surface area contributed by atoms with Crippen LogP contribution in [0.15, 0.2) is 139 Å². The third kappa shape index (κ3) is 10.2. The third-order valence-corrected chi connectivity index (χ3v) is 10.2. The van der Waals surface area contributed by atoms with E-state index in [2.05, 4.69) is 0 Å². The Kier molecular flexibility index (Phi) is 12.3. The number of carbonyl (C=O) groups excluding carboxylic acids is 2. The van der Waals surface area contributed by atoms with Gasteiger partial charge in [0.2, 0.25) is 0 Å². The fraction of sp³-hybridized carbons (Fsp3) is 0.354. The lowest BCUT2D eigenvalue weighted by atomic mass is 9.71. The van der Waals surface area contributed by atoms with Crippen molar-refractivity contribution in [3.05, 3.63) is 145 Å². The Hall–Kier alpha value is -4.85. The van der Waals surface area contributed by atoms with Crippen molar-refractivity contribution in [2.75, 3.05) is 0 Å². The van der Waals surface area contributed by atoms with Gasteiger partial charge in [-0.25, -0.2) is 0 Å². The lowest BCUT2D eigenvalue weighted by Gasteiger charge is -2.32. The maximum absolute atomic E-state index is 14.1. The van der Waals surface area contributed by atoms with Gasteiger partial charge in [-0.15, -0.1) is 10.2 Å². The van der Waals surface area contributed by atoms with Crippen LogP contribution in [0.2, 0.25) is 10.0 Å². The van der Waals surface area contributed by atoms with Crippen LogP contribution in [0.25, 0.3) is 11.4 Å². The summed E-state index contributed by atoms with van der Waals surface area (Å²) in [4.78, 5) is 33.4. The molecule has 0 aliphatic heterocycles. The summed E-state index contributed by atoms with van der Waals surface area (Å²) in [5.41, 5.74) is 6.01. The molecule has 0 spiro atoms. The van der Waals surface area contributed by atoms with E-state index in [1.807, 2.05) is 126 Å². The molecule has 2 aromatic carbocycles. The minimum atomic E-state index is -0.481. The quantitative estimate of drug-likeness (QED) is 0.232. The Morgan fingerprint density at radius 2 is 0.825 bits per heavy atom. The van der Waals surface area contributed by atoms with Crippen molar-refractivity contribution < 1.29 is 9.59 Å². The smallest absolute Gasteiger partial charge is 0.186 e. The highest BCUT2D eigenvalue weighted by molar-refractivity contribution is 6.30. The molecular formula is C48H53Cl2N5O2. The monoisotopic (exact) mass is 801 g/mol. The maximum Gasteiger partial charge on any atom is 0.186 e. The number of pyridine rings is 1. The van der Waals surface area contributed by atoms with Crippen LogP contribution in [0, 0.1) is 28.6 Å². The number of halogens is 2. The SMILES string of the molecule is Cc1ccc(C(/N=N/c2ccc(Cl)cc2)=C2C=C(C(C)(C)C)C(=O)C(C(C)(C)C)=C2)c(C(/N=N/c2ccc(Cl)cc2)=C2C=C(C(C)(C)C)C(=O)C(C(C)(C)C)=C2)n1. The second-order valence-corrected chi connectivity index (χ2v) is 19.6. The maximum atomic E-state index is 14.1. The number of hydrogen-bond donors (Lipinski definition) is 0. The molecule has 5 rings (SSSR count). The van der Waals surface area contributed by atoms with Gasteiger partial charge in [-0.1, -0.05) is 106 Å². The van der Waals surface area contributed by atoms with E-state index in [1.165, 1.54) is 0 Å². The van der Waals surface area contributed by atoms with E-state index in [0.717, 1.165) is 5.69 Å². The van der Waals surface area contributed by atoms with Gasteiger partial charge in [-0.05, 0) is 114 Å². The summed E-state index contributed by atoms with van der Waals surface area (Å²) < 4.78 is 0. The third-order valence-electron chi connectivity index (χ3n) is 9.65. The molecule has 0 saturated carbocycles. The lowest BCUT2D eigenvalue weighted by molar-refractivity contribution is -0.114. The van der Waals surface area contributed by atoms with Crippen LogP contribution in [0.4, 0.5) is 11.4 Å². The van der Waals surface area contributed by atoms with Gasteiger partial charge in [0.05, 0.1) is 11.4 Å². The fourth-order valence-corrected chi connectivity index (χ4v) is 6.68. The molecule has 0 bridgehead atoms. The van der Waals surface area contributed by atoms with Crippen LogP contribution in [0.3, 0.4) is 0 Å². The van der Waals surface area contributed by atoms with Crippen molar-refractivity contribution in [3.63, 3.8) is 0 Å². The Morgan fingerprint density at radius 3 is 1.18 bits per heavy atom. The number of azo groups is 2. The number of rotatable bonds is 6. The van der Waals surface area contributed by atoms with Crippen molar-refractivity contribution in [2.45, 2.75) is 90.0 Å². The number of ketones is 2. The minimum Gasteiger partial charge on any atom is -0.289 e. The van der Waals surface area contributed by atoms with Crippen molar-refractivity contribution >= 4 is 57.5 Å². The predicted octanol–water partition coefficient (Wildman–Crippen LogP) is 14.7. The van der Waals surface area contributed by atoms with Gasteiger partial charge in [-0.3, -0.25) is 14.6 Å². The highest BCUT2D eigenvalue weighted by atomic mass is 35.5. The molecule has 0 N–H and O–H groups in total. The van der Waals surface area contributed by atoms with Crippen molar-refractivity contribution in [2.24, 2.45) is 42.1 Å². The molecule has 57 heavy (non-hydrogen) atoms. The molecule has 2 aliphatic carbocycles. The lowest BCUT2D eigenvalue weighted by Crippen LogP contribution is -2.28. The summed E-state index contributed by atoms with van der Waals surface area (Å²) in [6.07, 6.45) is 7.68. The average Bonchev–Trinajstić information content (AvgIpc) is 3.09. The van der Waals surface area contributed by atoms with Crippen molar-refractivity contribution in [1.82, 2.24) is 4.98 Å². The number of allylic oxidation sites excluding steroid dienone is 10. The zero-order valence-electron chi connectivity index (χ0n) is 35.4. The predicted molar refractivity (Wildman–Crippen MR) is 235 cm³/mol. The number of benzene rings is 2. The number of aryl methyl sites for hydroxylation is 1. The molecule has 2 aliphatic rings. The summed E-state index contributed by atoms with van der Waals surface area (Å²) >= 11 is 12.5. The first-order valence-corrected chi connectivity index (χ1v) is 19.9. The van der Waals surface area contributed by atoms with Gasteiger partial charge in [0.15, 0.2) is 11.6 Å². The zero-order valence-corrected chi connectivity index (χ0v) is 36.9. The molecule has 0 fully saturated rings. The summed E-state index contributed by atoms with van der Waals surface area (Å²) in [6, 6.07) is 18.1. The van der Waals surface area contributed by atoms with E-state index in [0.29, 0.717) is 77.5 Å². The molecule has 1 heterocycles. The largest absolute Gasteiger partial charge is 0.289 e. The standard InChI is InChI=1S/C48H53Cl2N5O2/c1-28-14-23-35(40(54-52-33-19-15-31(49)16-20-33)29-24-36(45(2,3)4)43(56)37(25-29)46(5,6)7)42(51-28)41(55-53-34-21-17-32(50)18-22-34)30-26-38(47(8,9)10)44(57)39(27-30)48(11,12)13/h14-27H,1-13H3/b54-52+,55-53+. The van der Waals surface area contributed by atoms with Gasteiger partial charge in [0.1, 0.15) is 17.1 Å². The first-order chi connectivity index (χ1) is 26.3. The van der Waals surface area contributed by atoms with E-state index in [-0.39, 0.29) is 11.6 Å². The summed E-state index contributed by atoms with van der Waals surface area (Å²) in [7, 11) is 0.